The molecule has 38 heavy (non-hydrogen) atoms. The van der Waals surface area contributed by atoms with Crippen LogP contribution in [-0.2, 0) is 0 Å². The van der Waals surface area contributed by atoms with Crippen LogP contribution < -0.4 is 9.47 Å². The minimum Gasteiger partial charge on any atom is -0.486 e. The van der Waals surface area contributed by atoms with Gasteiger partial charge in [0, 0.05) is 47.2 Å². The molecule has 3 heterocycles. The van der Waals surface area contributed by atoms with Crippen LogP contribution in [0.25, 0.3) is 22.8 Å². The number of ether oxygens (including phenoxy) is 2. The number of aromatic amines is 1. The van der Waals surface area contributed by atoms with Crippen LogP contribution in [0.15, 0.2) is 48.9 Å². The fourth-order valence-electron chi connectivity index (χ4n) is 5.02. The highest BCUT2D eigenvalue weighted by Gasteiger charge is 2.17. The molecule has 0 saturated heterocycles. The normalized spacial score (nSPS) is 16.2. The average molecular weight is 535 g/mol. The summed E-state index contributed by atoms with van der Waals surface area (Å²) in [4.78, 5) is 8.48. The number of rotatable bonds is 7. The third-order valence-electron chi connectivity index (χ3n) is 7.04. The molecule has 6 nitrogen and oxygen atoms in total. The molecular weight excluding hydrogens is 503 g/mol. The molecule has 1 atom stereocenters. The zero-order valence-corrected chi connectivity index (χ0v) is 22.5. The molecule has 1 N–H and O–H groups in total. The van der Waals surface area contributed by atoms with Gasteiger partial charge in [-0.2, -0.15) is 5.10 Å². The molecule has 5 rings (SSSR count). The lowest BCUT2D eigenvalue weighted by Gasteiger charge is -2.20. The van der Waals surface area contributed by atoms with E-state index in [9.17, 15) is 0 Å². The molecule has 1 fully saturated rings. The van der Waals surface area contributed by atoms with Crippen molar-refractivity contribution in [2.75, 3.05) is 0 Å². The summed E-state index contributed by atoms with van der Waals surface area (Å²) >= 11 is 6.36. The molecule has 1 aliphatic rings. The van der Waals surface area contributed by atoms with Crippen molar-refractivity contribution in [1.82, 2.24) is 20.2 Å². The summed E-state index contributed by atoms with van der Waals surface area (Å²) in [5.74, 6) is 0.755. The minimum atomic E-state index is -0.417. The number of aromatic nitrogens is 4. The standard InChI is InChI=1S/C30H32ClFN4O2/c1-19-16-33-18-25(31)30(19)20(2)37-23-11-12-27-24(14-23)28(36-35-27)15-26(32)21-10-13-29(34-17-21)38-22-8-6-4-3-5-7-9-22/h10-18,20,22H,3-9H2,1-2H3,(H,35,36)/b26-15-. The van der Waals surface area contributed by atoms with Gasteiger partial charge in [-0.15, -0.1) is 0 Å². The SMILES string of the molecule is Cc1cncc(Cl)c1C(C)Oc1ccc2n[nH]c(/C=C(\F)c3ccc(OC4CCCCCCC4)nc3)c2c1. The zero-order chi connectivity index (χ0) is 26.5. The molecule has 3 aromatic heterocycles. The molecule has 0 spiro atoms. The van der Waals surface area contributed by atoms with E-state index in [-0.39, 0.29) is 12.2 Å². The lowest BCUT2D eigenvalue weighted by atomic mass is 9.99. The first-order chi connectivity index (χ1) is 18.5. The van der Waals surface area contributed by atoms with Gasteiger partial charge in [0.2, 0.25) is 5.88 Å². The molecule has 0 bridgehead atoms. The van der Waals surface area contributed by atoms with Gasteiger partial charge in [0.1, 0.15) is 23.8 Å². The molecule has 198 valence electrons. The van der Waals surface area contributed by atoms with E-state index >= 15 is 4.39 Å². The summed E-state index contributed by atoms with van der Waals surface area (Å²) < 4.78 is 27.5. The Kier molecular flexibility index (Phi) is 8.23. The van der Waals surface area contributed by atoms with E-state index < -0.39 is 5.83 Å². The van der Waals surface area contributed by atoms with Crippen molar-refractivity contribution in [3.05, 3.63) is 76.3 Å². The predicted octanol–water partition coefficient (Wildman–Crippen LogP) is 8.41. The number of H-pyrrole nitrogens is 1. The summed E-state index contributed by atoms with van der Waals surface area (Å²) in [5.41, 5.74) is 3.47. The molecule has 8 heteroatoms. The maximum absolute atomic E-state index is 15.2. The second kappa shape index (κ2) is 11.9. The van der Waals surface area contributed by atoms with E-state index in [2.05, 4.69) is 20.2 Å². The van der Waals surface area contributed by atoms with Gasteiger partial charge < -0.3 is 9.47 Å². The Morgan fingerprint density at radius 2 is 1.87 bits per heavy atom. The summed E-state index contributed by atoms with van der Waals surface area (Å²) in [6.07, 6.45) is 14.5. The summed E-state index contributed by atoms with van der Waals surface area (Å²) in [7, 11) is 0. The lowest BCUT2D eigenvalue weighted by molar-refractivity contribution is 0.160. The first-order valence-corrected chi connectivity index (χ1v) is 13.6. The fourth-order valence-corrected chi connectivity index (χ4v) is 5.38. The van der Waals surface area contributed by atoms with Crippen LogP contribution in [0, 0.1) is 6.92 Å². The average Bonchev–Trinajstić information content (AvgIpc) is 3.27. The molecule has 1 unspecified atom stereocenters. The van der Waals surface area contributed by atoms with Crippen molar-refractivity contribution in [2.45, 2.75) is 71.0 Å². The Morgan fingerprint density at radius 3 is 2.61 bits per heavy atom. The van der Waals surface area contributed by atoms with Crippen LogP contribution in [0.1, 0.15) is 80.4 Å². The Balaban J connectivity index is 1.31. The van der Waals surface area contributed by atoms with Crippen molar-refractivity contribution in [1.29, 1.82) is 0 Å². The van der Waals surface area contributed by atoms with Crippen molar-refractivity contribution in [3.8, 4) is 11.6 Å². The first kappa shape index (κ1) is 26.2. The quantitative estimate of drug-likeness (QED) is 0.257. The minimum absolute atomic E-state index is 0.183. The monoisotopic (exact) mass is 534 g/mol. The van der Waals surface area contributed by atoms with E-state index in [1.54, 1.807) is 24.5 Å². The molecular formula is C30H32ClFN4O2. The summed E-state index contributed by atoms with van der Waals surface area (Å²) in [6.45, 7) is 3.89. The molecule has 1 saturated carbocycles. The van der Waals surface area contributed by atoms with Gasteiger partial charge in [-0.3, -0.25) is 10.1 Å². The zero-order valence-electron chi connectivity index (χ0n) is 21.7. The number of benzene rings is 1. The Labute approximate surface area is 227 Å². The molecule has 1 aliphatic carbocycles. The van der Waals surface area contributed by atoms with Crippen LogP contribution in [0.3, 0.4) is 0 Å². The number of halogens is 2. The van der Waals surface area contributed by atoms with Crippen molar-refractivity contribution >= 4 is 34.4 Å². The second-order valence-corrected chi connectivity index (χ2v) is 10.3. The second-order valence-electron chi connectivity index (χ2n) is 9.89. The third-order valence-corrected chi connectivity index (χ3v) is 7.34. The Morgan fingerprint density at radius 1 is 1.08 bits per heavy atom. The molecule has 0 radical (unpaired) electrons. The number of hydrogen-bond acceptors (Lipinski definition) is 5. The van der Waals surface area contributed by atoms with E-state index in [1.165, 1.54) is 44.4 Å². The fraction of sp³-hybridized carbons (Fsp3) is 0.367. The largest absolute Gasteiger partial charge is 0.486 e. The van der Waals surface area contributed by atoms with Crippen molar-refractivity contribution in [2.24, 2.45) is 0 Å². The predicted molar refractivity (Wildman–Crippen MR) is 149 cm³/mol. The highest BCUT2D eigenvalue weighted by atomic mass is 35.5. The van der Waals surface area contributed by atoms with Gasteiger partial charge in [-0.1, -0.05) is 30.9 Å². The van der Waals surface area contributed by atoms with E-state index in [1.807, 2.05) is 32.0 Å². The first-order valence-electron chi connectivity index (χ1n) is 13.2. The third kappa shape index (κ3) is 6.16. The topological polar surface area (TPSA) is 72.9 Å². The number of nitrogens with one attached hydrogen (secondary N) is 1. The van der Waals surface area contributed by atoms with Gasteiger partial charge in [0.05, 0.1) is 16.2 Å². The van der Waals surface area contributed by atoms with Gasteiger partial charge >= 0.3 is 0 Å². The van der Waals surface area contributed by atoms with Gasteiger partial charge in [-0.25, -0.2) is 9.37 Å². The van der Waals surface area contributed by atoms with Crippen molar-refractivity contribution < 1.29 is 13.9 Å². The number of pyridine rings is 2. The van der Waals surface area contributed by atoms with Crippen LogP contribution >= 0.6 is 11.6 Å². The maximum Gasteiger partial charge on any atom is 0.213 e. The summed E-state index contributed by atoms with van der Waals surface area (Å²) in [6, 6.07) is 8.97. The number of fused-ring (bicyclic) bond motifs is 1. The van der Waals surface area contributed by atoms with Gasteiger partial charge in [-0.05, 0) is 69.4 Å². The Bertz CT molecular complexity index is 1390. The smallest absolute Gasteiger partial charge is 0.213 e. The molecule has 1 aromatic carbocycles. The summed E-state index contributed by atoms with van der Waals surface area (Å²) in [5, 5.41) is 8.54. The van der Waals surface area contributed by atoms with Gasteiger partial charge in [0.15, 0.2) is 0 Å². The number of nitrogens with zero attached hydrogens (tertiary/aromatic N) is 3. The van der Waals surface area contributed by atoms with E-state index in [0.29, 0.717) is 33.4 Å². The molecule has 0 aliphatic heterocycles. The number of hydrogen-bond donors (Lipinski definition) is 1. The maximum atomic E-state index is 15.2. The van der Waals surface area contributed by atoms with Crippen LogP contribution in [0.4, 0.5) is 4.39 Å². The van der Waals surface area contributed by atoms with Gasteiger partial charge in [0.25, 0.3) is 0 Å². The van der Waals surface area contributed by atoms with Crippen LogP contribution in [-0.4, -0.2) is 26.3 Å². The van der Waals surface area contributed by atoms with Crippen LogP contribution in [0.5, 0.6) is 11.6 Å². The lowest BCUT2D eigenvalue weighted by Crippen LogP contribution is -2.18. The highest BCUT2D eigenvalue weighted by molar-refractivity contribution is 6.31. The van der Waals surface area contributed by atoms with E-state index in [4.69, 9.17) is 21.1 Å². The van der Waals surface area contributed by atoms with Crippen LogP contribution in [0.2, 0.25) is 5.02 Å². The number of aryl methyl sites for hydroxylation is 1. The highest BCUT2D eigenvalue weighted by Crippen LogP contribution is 2.32. The molecule has 0 amide bonds. The van der Waals surface area contributed by atoms with Crippen molar-refractivity contribution in [3.63, 3.8) is 0 Å². The molecule has 4 aromatic rings. The van der Waals surface area contributed by atoms with E-state index in [0.717, 1.165) is 29.4 Å². The Hall–Kier alpha value is -3.45.